The summed E-state index contributed by atoms with van der Waals surface area (Å²) in [6, 6.07) is -4.67. The molecular weight excluding hydrogens is 546 g/mol. The number of aliphatic hydroxyl groups excluding tert-OH is 8. The number of rotatable bonds is 13. The molecule has 0 radical (unpaired) electrons. The van der Waals surface area contributed by atoms with E-state index in [2.05, 4.69) is 10.6 Å². The largest absolute Gasteiger partial charge is 0.394 e. The van der Waals surface area contributed by atoms with Crippen LogP contribution in [-0.4, -0.2) is 164 Å². The van der Waals surface area contributed by atoms with Crippen molar-refractivity contribution < 1.29 is 74.2 Å². The fourth-order valence-corrected chi connectivity index (χ4v) is 4.41. The number of amides is 2. The Morgan fingerprint density at radius 2 is 1.40 bits per heavy atom. The van der Waals surface area contributed by atoms with E-state index in [0.29, 0.717) is 0 Å². The fraction of sp³-hybridized carbons (Fsp3) is 0.864. The van der Waals surface area contributed by atoms with E-state index in [9.17, 15) is 55.2 Å². The van der Waals surface area contributed by atoms with E-state index in [1.807, 2.05) is 0 Å². The molecule has 0 bridgehead atoms. The monoisotopic (exact) mass is 585 g/mol. The molecule has 2 aliphatic heterocycles. The summed E-state index contributed by atoms with van der Waals surface area (Å²) in [4.78, 5) is 35.8. The molecule has 2 rings (SSSR count). The van der Waals surface area contributed by atoms with Gasteiger partial charge < -0.3 is 81.0 Å². The lowest BCUT2D eigenvalue weighted by atomic mass is 9.95. The van der Waals surface area contributed by atoms with Crippen LogP contribution in [0.4, 0.5) is 0 Å². The number of aliphatic hydroxyl groups is 8. The van der Waals surface area contributed by atoms with Crippen LogP contribution in [0.3, 0.4) is 0 Å². The molecule has 0 aromatic heterocycles. The third kappa shape index (κ3) is 8.10. The Hall–Kier alpha value is -1.91. The highest BCUT2D eigenvalue weighted by atomic mass is 16.7. The number of nitrogens with two attached hydrogens (primary N) is 1. The van der Waals surface area contributed by atoms with Crippen LogP contribution in [0.1, 0.15) is 13.8 Å². The van der Waals surface area contributed by atoms with Gasteiger partial charge >= 0.3 is 0 Å². The van der Waals surface area contributed by atoms with E-state index in [1.54, 1.807) is 0 Å². The number of hydrogen-bond acceptors (Lipinski definition) is 16. The van der Waals surface area contributed by atoms with Crippen LogP contribution in [0.15, 0.2) is 0 Å². The number of carbonyl (C=O) groups is 3. The second kappa shape index (κ2) is 15.4. The van der Waals surface area contributed by atoms with Gasteiger partial charge in [0.1, 0.15) is 73.3 Å². The first-order valence-electron chi connectivity index (χ1n) is 12.4. The number of ether oxygens (including phenoxy) is 4. The molecule has 2 amide bonds. The van der Waals surface area contributed by atoms with Crippen LogP contribution in [0, 0.1) is 0 Å². The third-order valence-corrected chi connectivity index (χ3v) is 6.52. The zero-order valence-corrected chi connectivity index (χ0v) is 21.8. The van der Waals surface area contributed by atoms with Crippen LogP contribution in [0.25, 0.3) is 0 Å². The van der Waals surface area contributed by atoms with Crippen LogP contribution in [0.2, 0.25) is 0 Å². The molecule has 0 saturated carbocycles. The quantitative estimate of drug-likeness (QED) is 0.0894. The van der Waals surface area contributed by atoms with Gasteiger partial charge in [-0.3, -0.25) is 9.59 Å². The van der Waals surface area contributed by atoms with E-state index in [4.69, 9.17) is 24.7 Å². The van der Waals surface area contributed by atoms with Gasteiger partial charge in [0.05, 0.1) is 25.9 Å². The summed E-state index contributed by atoms with van der Waals surface area (Å²) in [6.45, 7) is -0.483. The Morgan fingerprint density at radius 1 is 0.875 bits per heavy atom. The Kier molecular flexibility index (Phi) is 13.2. The maximum absolute atomic E-state index is 12.1. The standard InChI is InChI=1S/C22H39N3O15/c1-7(30)24-9(3-26)19(39-22-14(25-8(2)31)18(36)16(34)12(6-29)38-22)20(10(32)4-27)40-21-13(23)17(35)15(33)11(5-28)37-21/h3,9-22,27-29,32-36H,4-6,23H2,1-2H3,(H,24,30)(H,25,31)/t9-,10+,11+,12+,13+,14+,15+,16+,17+,18+,19+,20+,21-,22-/m0/s1. The first-order valence-corrected chi connectivity index (χ1v) is 12.4. The lowest BCUT2D eigenvalue weighted by Gasteiger charge is -2.46. The normalized spacial score (nSPS) is 37.6. The number of nitrogens with one attached hydrogen (secondary N) is 2. The molecule has 2 aliphatic rings. The van der Waals surface area contributed by atoms with Crippen molar-refractivity contribution in [2.24, 2.45) is 5.73 Å². The molecule has 0 aromatic rings. The average molecular weight is 586 g/mol. The van der Waals surface area contributed by atoms with Crippen LogP contribution in [-0.2, 0) is 33.3 Å². The highest BCUT2D eigenvalue weighted by Gasteiger charge is 2.50. The first-order chi connectivity index (χ1) is 18.8. The van der Waals surface area contributed by atoms with E-state index >= 15 is 0 Å². The maximum Gasteiger partial charge on any atom is 0.217 e. The van der Waals surface area contributed by atoms with Gasteiger partial charge in [0.15, 0.2) is 12.6 Å². The highest BCUT2D eigenvalue weighted by molar-refractivity contribution is 5.77. The van der Waals surface area contributed by atoms with Gasteiger partial charge in [-0.25, -0.2) is 0 Å². The molecule has 2 saturated heterocycles. The van der Waals surface area contributed by atoms with Crippen LogP contribution in [0.5, 0.6) is 0 Å². The van der Waals surface area contributed by atoms with E-state index in [1.165, 1.54) is 0 Å². The fourth-order valence-electron chi connectivity index (χ4n) is 4.41. The molecule has 18 heteroatoms. The smallest absolute Gasteiger partial charge is 0.217 e. The van der Waals surface area contributed by atoms with Crippen molar-refractivity contribution in [2.45, 2.75) is 99.5 Å². The van der Waals surface area contributed by atoms with Gasteiger partial charge in [-0.15, -0.1) is 0 Å². The number of carbonyl (C=O) groups excluding carboxylic acids is 3. The first kappa shape index (κ1) is 34.3. The molecule has 14 atom stereocenters. The van der Waals surface area contributed by atoms with Crippen molar-refractivity contribution in [2.75, 3.05) is 19.8 Å². The number of hydrogen-bond donors (Lipinski definition) is 11. The van der Waals surface area contributed by atoms with E-state index in [0.717, 1.165) is 13.8 Å². The Labute approximate surface area is 228 Å². The summed E-state index contributed by atoms with van der Waals surface area (Å²) < 4.78 is 22.5. The topological polar surface area (TPSA) is 300 Å². The van der Waals surface area contributed by atoms with Gasteiger partial charge in [0, 0.05) is 13.8 Å². The average Bonchev–Trinajstić information content (AvgIpc) is 2.92. The van der Waals surface area contributed by atoms with Crippen LogP contribution >= 0.6 is 0 Å². The maximum atomic E-state index is 12.1. The molecule has 0 unspecified atom stereocenters. The van der Waals surface area contributed by atoms with Gasteiger partial charge in [-0.1, -0.05) is 0 Å². The zero-order chi connectivity index (χ0) is 30.3. The summed E-state index contributed by atoms with van der Waals surface area (Å²) in [7, 11) is 0. The molecule has 0 spiro atoms. The molecule has 18 nitrogen and oxygen atoms in total. The lowest BCUT2D eigenvalue weighted by molar-refractivity contribution is -0.323. The summed E-state index contributed by atoms with van der Waals surface area (Å²) in [6.07, 6.45) is -18.4. The molecule has 2 fully saturated rings. The van der Waals surface area contributed by atoms with E-state index < -0.39 is 117 Å². The molecular formula is C22H39N3O15. The van der Waals surface area contributed by atoms with Crippen molar-refractivity contribution in [3.63, 3.8) is 0 Å². The minimum absolute atomic E-state index is 0.189. The third-order valence-electron chi connectivity index (χ3n) is 6.52. The predicted molar refractivity (Wildman–Crippen MR) is 128 cm³/mol. The molecule has 12 N–H and O–H groups in total. The second-order valence-corrected chi connectivity index (χ2v) is 9.53. The summed E-state index contributed by atoms with van der Waals surface area (Å²) >= 11 is 0. The molecule has 2 heterocycles. The van der Waals surface area contributed by atoms with Gasteiger partial charge in [0.25, 0.3) is 0 Å². The van der Waals surface area contributed by atoms with Crippen molar-refractivity contribution >= 4 is 18.1 Å². The Morgan fingerprint density at radius 3 is 1.88 bits per heavy atom. The summed E-state index contributed by atoms with van der Waals surface area (Å²) in [5, 5.41) is 85.3. The summed E-state index contributed by atoms with van der Waals surface area (Å²) in [5.74, 6) is -1.45. The second-order valence-electron chi connectivity index (χ2n) is 9.53. The molecule has 0 aromatic carbocycles. The Balaban J connectivity index is 2.52. The van der Waals surface area contributed by atoms with Gasteiger partial charge in [-0.2, -0.15) is 0 Å². The number of aldehydes is 1. The predicted octanol–water partition coefficient (Wildman–Crippen LogP) is -7.48. The zero-order valence-electron chi connectivity index (χ0n) is 21.8. The SMILES string of the molecule is CC(=O)N[C@H]1[C@H](O[C@@H]([C@H](O[C@@H]2O[C@H](CO)[C@@H](O)[C@H](O)[C@H]2N)[C@H](O)CO)[C@H](C=O)NC(C)=O)O[C@H](CO)[C@@H](O)[C@@H]1O. The van der Waals surface area contributed by atoms with Crippen molar-refractivity contribution in [3.05, 3.63) is 0 Å². The van der Waals surface area contributed by atoms with Gasteiger partial charge in [0.2, 0.25) is 11.8 Å². The van der Waals surface area contributed by atoms with Gasteiger partial charge in [-0.05, 0) is 0 Å². The lowest BCUT2D eigenvalue weighted by Crippen LogP contribution is -2.68. The van der Waals surface area contributed by atoms with Crippen molar-refractivity contribution in [1.82, 2.24) is 10.6 Å². The van der Waals surface area contributed by atoms with E-state index in [-0.39, 0.29) is 6.29 Å². The Bertz CT molecular complexity index is 837. The van der Waals surface area contributed by atoms with Crippen molar-refractivity contribution in [3.8, 4) is 0 Å². The highest BCUT2D eigenvalue weighted by Crippen LogP contribution is 2.28. The molecule has 0 aliphatic carbocycles. The minimum Gasteiger partial charge on any atom is -0.394 e. The minimum atomic E-state index is -1.90. The van der Waals surface area contributed by atoms with Crippen LogP contribution < -0.4 is 16.4 Å². The van der Waals surface area contributed by atoms with Crippen molar-refractivity contribution in [1.29, 1.82) is 0 Å². The summed E-state index contributed by atoms with van der Waals surface area (Å²) in [5.41, 5.74) is 5.91. The molecule has 232 valence electrons. The molecule has 40 heavy (non-hydrogen) atoms.